The molecular weight excluding hydrogens is 399 g/mol. The van der Waals surface area contributed by atoms with Gasteiger partial charge in [0.05, 0.1) is 11.1 Å². The van der Waals surface area contributed by atoms with Crippen molar-refractivity contribution in [1.29, 1.82) is 0 Å². The number of esters is 2. The van der Waals surface area contributed by atoms with Crippen LogP contribution >= 0.6 is 23.2 Å². The van der Waals surface area contributed by atoms with Crippen LogP contribution in [0.1, 0.15) is 31.8 Å². The van der Waals surface area contributed by atoms with E-state index >= 15 is 0 Å². The predicted octanol–water partition coefficient (Wildman–Crippen LogP) is 5.71. The van der Waals surface area contributed by atoms with Crippen molar-refractivity contribution in [2.24, 2.45) is 0 Å². The summed E-state index contributed by atoms with van der Waals surface area (Å²) in [4.78, 5) is 24.9. The summed E-state index contributed by atoms with van der Waals surface area (Å²) in [6, 6.07) is 20.4. The number of halogens is 2. The maximum Gasteiger partial charge on any atom is 0.339 e. The monoisotopic (exact) mass is 414 g/mol. The van der Waals surface area contributed by atoms with Crippen molar-refractivity contribution in [3.05, 3.63) is 105 Å². The lowest BCUT2D eigenvalue weighted by Gasteiger charge is -2.10. The number of carbonyl (C=O) groups is 2. The van der Waals surface area contributed by atoms with Gasteiger partial charge in [0.25, 0.3) is 0 Å². The summed E-state index contributed by atoms with van der Waals surface area (Å²) in [5.74, 6) is -1.23. The molecule has 0 aliphatic carbocycles. The topological polar surface area (TPSA) is 52.6 Å². The molecule has 0 unspecified atom stereocenters. The maximum absolute atomic E-state index is 12.5. The summed E-state index contributed by atoms with van der Waals surface area (Å²) in [6.07, 6.45) is 0. The van der Waals surface area contributed by atoms with Gasteiger partial charge in [0.1, 0.15) is 13.2 Å². The van der Waals surface area contributed by atoms with Gasteiger partial charge in [0, 0.05) is 10.0 Å². The lowest BCUT2D eigenvalue weighted by Crippen LogP contribution is -2.14. The molecular formula is C22H16Cl2O4. The highest BCUT2D eigenvalue weighted by Crippen LogP contribution is 2.17. The molecule has 3 aromatic carbocycles. The van der Waals surface area contributed by atoms with Gasteiger partial charge in [-0.3, -0.25) is 0 Å². The van der Waals surface area contributed by atoms with Crippen LogP contribution < -0.4 is 0 Å². The Morgan fingerprint density at radius 1 is 0.643 bits per heavy atom. The number of benzene rings is 3. The van der Waals surface area contributed by atoms with Crippen LogP contribution in [-0.4, -0.2) is 11.9 Å². The summed E-state index contributed by atoms with van der Waals surface area (Å²) in [5.41, 5.74) is 1.78. The number of rotatable bonds is 6. The highest BCUT2D eigenvalue weighted by molar-refractivity contribution is 6.30. The van der Waals surface area contributed by atoms with Crippen LogP contribution in [-0.2, 0) is 22.7 Å². The number of carbonyl (C=O) groups excluding carboxylic acids is 2. The smallest absolute Gasteiger partial charge is 0.339 e. The highest BCUT2D eigenvalue weighted by atomic mass is 35.5. The molecule has 0 fully saturated rings. The lowest BCUT2D eigenvalue weighted by molar-refractivity contribution is 0.0425. The van der Waals surface area contributed by atoms with E-state index in [2.05, 4.69) is 0 Å². The van der Waals surface area contributed by atoms with Crippen molar-refractivity contribution in [2.45, 2.75) is 13.2 Å². The van der Waals surface area contributed by atoms with Gasteiger partial charge < -0.3 is 9.47 Å². The molecule has 0 saturated carbocycles. The average Bonchev–Trinajstić information content (AvgIpc) is 2.70. The Hall–Kier alpha value is -2.82. The van der Waals surface area contributed by atoms with Crippen LogP contribution in [0, 0.1) is 0 Å². The molecule has 0 aromatic heterocycles. The molecule has 28 heavy (non-hydrogen) atoms. The van der Waals surface area contributed by atoms with Gasteiger partial charge in [-0.2, -0.15) is 0 Å². The first kappa shape index (κ1) is 19.9. The fourth-order valence-electron chi connectivity index (χ4n) is 2.55. The second-order valence-corrected chi connectivity index (χ2v) is 6.83. The minimum Gasteiger partial charge on any atom is -0.457 e. The number of hydrogen-bond acceptors (Lipinski definition) is 4. The summed E-state index contributed by atoms with van der Waals surface area (Å²) in [7, 11) is 0. The zero-order chi connectivity index (χ0) is 19.9. The van der Waals surface area contributed by atoms with Crippen molar-refractivity contribution in [3.63, 3.8) is 0 Å². The zero-order valence-electron chi connectivity index (χ0n) is 14.7. The largest absolute Gasteiger partial charge is 0.457 e. The molecule has 0 aliphatic heterocycles. The number of hydrogen-bond donors (Lipinski definition) is 0. The molecule has 6 heteroatoms. The van der Waals surface area contributed by atoms with Crippen LogP contribution in [0.15, 0.2) is 72.8 Å². The molecule has 0 saturated heterocycles. The normalized spacial score (nSPS) is 10.4. The van der Waals surface area contributed by atoms with E-state index in [0.717, 1.165) is 11.1 Å². The van der Waals surface area contributed by atoms with Crippen LogP contribution in [0.4, 0.5) is 0 Å². The Bertz CT molecular complexity index is 921. The standard InChI is InChI=1S/C22H16Cl2O4/c23-17-7-3-5-15(11-17)13-27-21(25)19-9-1-2-10-20(19)22(26)28-14-16-6-4-8-18(24)12-16/h1-12H,13-14H2. The van der Waals surface area contributed by atoms with E-state index in [9.17, 15) is 9.59 Å². The van der Waals surface area contributed by atoms with Gasteiger partial charge >= 0.3 is 11.9 Å². The molecule has 0 bridgehead atoms. The Morgan fingerprint density at radius 3 is 1.46 bits per heavy atom. The molecule has 0 radical (unpaired) electrons. The molecule has 0 heterocycles. The van der Waals surface area contributed by atoms with Gasteiger partial charge in [-0.15, -0.1) is 0 Å². The minimum atomic E-state index is -0.615. The molecule has 3 aromatic rings. The van der Waals surface area contributed by atoms with Crippen LogP contribution in [0.2, 0.25) is 10.0 Å². The van der Waals surface area contributed by atoms with Gasteiger partial charge in [0.15, 0.2) is 0 Å². The van der Waals surface area contributed by atoms with Crippen LogP contribution in [0.5, 0.6) is 0 Å². The van der Waals surface area contributed by atoms with E-state index in [0.29, 0.717) is 10.0 Å². The quantitative estimate of drug-likeness (QED) is 0.484. The average molecular weight is 415 g/mol. The van der Waals surface area contributed by atoms with E-state index in [-0.39, 0.29) is 24.3 Å². The first-order valence-corrected chi connectivity index (χ1v) is 9.20. The lowest BCUT2D eigenvalue weighted by atomic mass is 10.1. The van der Waals surface area contributed by atoms with Crippen molar-refractivity contribution < 1.29 is 19.1 Å². The van der Waals surface area contributed by atoms with Crippen molar-refractivity contribution >= 4 is 35.1 Å². The molecule has 0 amide bonds. The van der Waals surface area contributed by atoms with Gasteiger partial charge in [-0.1, -0.05) is 59.6 Å². The van der Waals surface area contributed by atoms with Gasteiger partial charge in [-0.05, 0) is 47.5 Å². The minimum absolute atomic E-state index is 0.0469. The van der Waals surface area contributed by atoms with Crippen LogP contribution in [0.25, 0.3) is 0 Å². The van der Waals surface area contributed by atoms with E-state index in [1.165, 1.54) is 12.1 Å². The third-order valence-corrected chi connectivity index (χ3v) is 4.36. The fourth-order valence-corrected chi connectivity index (χ4v) is 2.97. The third-order valence-electron chi connectivity index (χ3n) is 3.88. The van der Waals surface area contributed by atoms with Gasteiger partial charge in [-0.25, -0.2) is 9.59 Å². The van der Waals surface area contributed by atoms with Crippen molar-refractivity contribution in [2.75, 3.05) is 0 Å². The predicted molar refractivity (Wildman–Crippen MR) is 108 cm³/mol. The van der Waals surface area contributed by atoms with E-state index in [1.807, 2.05) is 0 Å². The highest BCUT2D eigenvalue weighted by Gasteiger charge is 2.19. The molecule has 0 N–H and O–H groups in total. The fraction of sp³-hybridized carbons (Fsp3) is 0.0909. The first-order valence-electron chi connectivity index (χ1n) is 8.45. The Labute approximate surface area is 172 Å². The van der Waals surface area contributed by atoms with Crippen molar-refractivity contribution in [3.8, 4) is 0 Å². The van der Waals surface area contributed by atoms with E-state index in [1.54, 1.807) is 60.7 Å². The second-order valence-electron chi connectivity index (χ2n) is 5.96. The molecule has 0 aliphatic rings. The molecule has 0 spiro atoms. The Morgan fingerprint density at radius 2 is 1.07 bits per heavy atom. The molecule has 3 rings (SSSR count). The SMILES string of the molecule is O=C(OCc1cccc(Cl)c1)c1ccccc1C(=O)OCc1cccc(Cl)c1. The summed E-state index contributed by atoms with van der Waals surface area (Å²) in [5, 5.41) is 1.11. The number of ether oxygens (including phenoxy) is 2. The first-order chi connectivity index (χ1) is 13.5. The van der Waals surface area contributed by atoms with Gasteiger partial charge in [0.2, 0.25) is 0 Å². The summed E-state index contributed by atoms with van der Waals surface area (Å²) < 4.78 is 10.6. The molecule has 142 valence electrons. The van der Waals surface area contributed by atoms with E-state index in [4.69, 9.17) is 32.7 Å². The van der Waals surface area contributed by atoms with Crippen molar-refractivity contribution in [1.82, 2.24) is 0 Å². The zero-order valence-corrected chi connectivity index (χ0v) is 16.2. The van der Waals surface area contributed by atoms with Crippen LogP contribution in [0.3, 0.4) is 0 Å². The van der Waals surface area contributed by atoms with E-state index < -0.39 is 11.9 Å². The second kappa shape index (κ2) is 9.40. The molecule has 0 atom stereocenters. The maximum atomic E-state index is 12.5. The summed E-state index contributed by atoms with van der Waals surface area (Å²) in [6.45, 7) is 0.0938. The molecule has 4 nitrogen and oxygen atoms in total. The Balaban J connectivity index is 1.67. The third kappa shape index (κ3) is 5.35. The Kier molecular flexibility index (Phi) is 6.69. The summed E-state index contributed by atoms with van der Waals surface area (Å²) >= 11 is 11.9.